The van der Waals surface area contributed by atoms with Crippen molar-refractivity contribution in [1.29, 1.82) is 0 Å². The average molecular weight is 496 g/mol. The maximum absolute atomic E-state index is 13.0. The second kappa shape index (κ2) is 7.66. The lowest BCUT2D eigenvalue weighted by Crippen LogP contribution is -2.63. The molecule has 5 rings (SSSR count). The Labute approximate surface area is 216 Å². The van der Waals surface area contributed by atoms with Crippen LogP contribution in [0.3, 0.4) is 0 Å². The van der Waals surface area contributed by atoms with E-state index >= 15 is 0 Å². The number of aliphatic hydroxyl groups excluding tert-OH is 2. The summed E-state index contributed by atoms with van der Waals surface area (Å²) in [6.07, 6.45) is 11.9. The lowest BCUT2D eigenvalue weighted by molar-refractivity contribution is -0.169. The van der Waals surface area contributed by atoms with Gasteiger partial charge >= 0.3 is 0 Å². The maximum atomic E-state index is 13.0. The Morgan fingerprint density at radius 1 is 0.972 bits per heavy atom. The fraction of sp³-hybridized carbons (Fsp3) is 0.742. The molecule has 0 aromatic rings. The molecule has 5 aliphatic carbocycles. The van der Waals surface area contributed by atoms with Gasteiger partial charge in [-0.25, -0.2) is 0 Å². The van der Waals surface area contributed by atoms with E-state index in [1.165, 1.54) is 5.57 Å². The van der Waals surface area contributed by atoms with Crippen LogP contribution in [0.5, 0.6) is 0 Å². The van der Waals surface area contributed by atoms with E-state index in [1.54, 1.807) is 20.0 Å². The number of nitrogens with one attached hydrogen (secondary N) is 1. The zero-order chi connectivity index (χ0) is 26.5. The molecule has 0 heterocycles. The van der Waals surface area contributed by atoms with Crippen LogP contribution in [0.2, 0.25) is 0 Å². The molecule has 0 saturated heterocycles. The Bertz CT molecular complexity index is 1120. The molecule has 1 amide bonds. The van der Waals surface area contributed by atoms with Crippen LogP contribution in [0.4, 0.5) is 0 Å². The topological polar surface area (TPSA) is 86.6 Å². The van der Waals surface area contributed by atoms with Crippen molar-refractivity contribution < 1.29 is 19.8 Å². The van der Waals surface area contributed by atoms with Gasteiger partial charge in [-0.05, 0) is 84.3 Å². The van der Waals surface area contributed by atoms with Gasteiger partial charge in [0.2, 0.25) is 5.91 Å². The minimum absolute atomic E-state index is 0.0332. The molecule has 0 unspecified atom stereocenters. The van der Waals surface area contributed by atoms with E-state index in [2.05, 4.69) is 52.1 Å². The summed E-state index contributed by atoms with van der Waals surface area (Å²) in [5.41, 5.74) is 1.83. The quantitative estimate of drug-likeness (QED) is 0.509. The molecular weight excluding hydrogens is 450 g/mol. The summed E-state index contributed by atoms with van der Waals surface area (Å²) in [5, 5.41) is 23.9. The third-order valence-corrected chi connectivity index (χ3v) is 12.5. The van der Waals surface area contributed by atoms with Gasteiger partial charge in [-0.15, -0.1) is 0 Å². The third kappa shape index (κ3) is 2.96. The highest BCUT2D eigenvalue weighted by atomic mass is 16.3. The second-order valence-electron chi connectivity index (χ2n) is 14.2. The maximum Gasteiger partial charge on any atom is 0.225 e. The van der Waals surface area contributed by atoms with Gasteiger partial charge in [0, 0.05) is 23.3 Å². The summed E-state index contributed by atoms with van der Waals surface area (Å²) in [6.45, 7) is 13.3. The van der Waals surface area contributed by atoms with Crippen molar-refractivity contribution in [3.63, 3.8) is 0 Å². The van der Waals surface area contributed by atoms with Gasteiger partial charge in [0.05, 0.1) is 6.61 Å². The molecule has 0 bridgehead atoms. The number of carbonyl (C=O) groups is 2. The number of fused-ring (bicyclic) bond motifs is 7. The lowest BCUT2D eigenvalue weighted by Gasteiger charge is -2.70. The first-order valence-corrected chi connectivity index (χ1v) is 13.9. The molecule has 0 aliphatic heterocycles. The molecule has 0 spiro atoms. The molecule has 3 saturated carbocycles. The fourth-order valence-electron chi connectivity index (χ4n) is 9.48. The van der Waals surface area contributed by atoms with Crippen molar-refractivity contribution >= 4 is 11.7 Å². The van der Waals surface area contributed by atoms with E-state index in [9.17, 15) is 19.8 Å². The van der Waals surface area contributed by atoms with Crippen molar-refractivity contribution in [2.75, 3.05) is 13.7 Å². The van der Waals surface area contributed by atoms with Gasteiger partial charge < -0.3 is 15.5 Å². The number of carbonyl (C=O) groups excluding carboxylic acids is 2. The number of hydrogen-bond donors (Lipinski definition) is 3. The van der Waals surface area contributed by atoms with Gasteiger partial charge in [-0.3, -0.25) is 9.59 Å². The van der Waals surface area contributed by atoms with Crippen LogP contribution in [0.1, 0.15) is 86.5 Å². The van der Waals surface area contributed by atoms with Gasteiger partial charge in [-0.1, -0.05) is 59.3 Å². The van der Waals surface area contributed by atoms with E-state index in [0.717, 1.165) is 56.1 Å². The molecular formula is C31H45NO4. The first kappa shape index (κ1) is 25.9. The first-order valence-electron chi connectivity index (χ1n) is 13.9. The van der Waals surface area contributed by atoms with Crippen LogP contribution in [0, 0.1) is 38.4 Å². The number of ketones is 1. The predicted octanol–water partition coefficient (Wildman–Crippen LogP) is 4.89. The van der Waals surface area contributed by atoms with E-state index in [1.807, 2.05) is 0 Å². The zero-order valence-electron chi connectivity index (χ0n) is 23.3. The first-order chi connectivity index (χ1) is 16.7. The molecule has 36 heavy (non-hydrogen) atoms. The number of rotatable bonds is 2. The van der Waals surface area contributed by atoms with Gasteiger partial charge in [0.25, 0.3) is 0 Å². The summed E-state index contributed by atoms with van der Waals surface area (Å²) >= 11 is 0. The molecule has 0 aromatic carbocycles. The standard InChI is InChI=1S/C31H45NO4/c1-26-10-11-27(2,25(36)32-7)17-23(26)31(6)15-13-28(3)20-16-21(34)24(35)29(4,18-33)19(20)8-9-22(28)30(31,5)14-12-26/h8-9,16,23-24,33,35H,10-15,17-18H2,1-7H3,(H,32,36)/t23-,24+,26-,27-,28+,29+,30-,31+/m1/s1. The average Bonchev–Trinajstić information content (AvgIpc) is 2.85. The summed E-state index contributed by atoms with van der Waals surface area (Å²) in [7, 11) is 1.76. The molecule has 0 aromatic heterocycles. The monoisotopic (exact) mass is 495 g/mol. The Balaban J connectivity index is 1.64. The van der Waals surface area contributed by atoms with E-state index in [4.69, 9.17) is 0 Å². The fourth-order valence-corrected chi connectivity index (χ4v) is 9.48. The Morgan fingerprint density at radius 3 is 2.28 bits per heavy atom. The lowest BCUT2D eigenvalue weighted by atomic mass is 9.34. The molecule has 3 N–H and O–H groups in total. The van der Waals surface area contributed by atoms with Crippen LogP contribution in [-0.4, -0.2) is 41.7 Å². The third-order valence-electron chi connectivity index (χ3n) is 12.5. The molecule has 8 atom stereocenters. The molecule has 198 valence electrons. The highest BCUT2D eigenvalue weighted by Crippen LogP contribution is 2.75. The van der Waals surface area contributed by atoms with Crippen molar-refractivity contribution in [2.45, 2.75) is 92.6 Å². The van der Waals surface area contributed by atoms with Crippen LogP contribution in [0.25, 0.3) is 0 Å². The normalized spacial score (nSPS) is 49.9. The van der Waals surface area contributed by atoms with Crippen LogP contribution in [-0.2, 0) is 9.59 Å². The number of aliphatic hydroxyl groups is 2. The molecule has 5 heteroatoms. The predicted molar refractivity (Wildman–Crippen MR) is 141 cm³/mol. The molecule has 5 aliphatic rings. The number of amides is 1. The Morgan fingerprint density at radius 2 is 1.64 bits per heavy atom. The van der Waals surface area contributed by atoms with E-state index in [-0.39, 0.29) is 45.4 Å². The smallest absolute Gasteiger partial charge is 0.225 e. The van der Waals surface area contributed by atoms with E-state index < -0.39 is 11.5 Å². The molecule has 0 radical (unpaired) electrons. The summed E-state index contributed by atoms with van der Waals surface area (Å²) in [4.78, 5) is 25.9. The van der Waals surface area contributed by atoms with Gasteiger partial charge in [0.15, 0.2) is 5.78 Å². The van der Waals surface area contributed by atoms with Gasteiger partial charge in [0.1, 0.15) is 6.10 Å². The molecule has 5 nitrogen and oxygen atoms in total. The van der Waals surface area contributed by atoms with E-state index in [0.29, 0.717) is 5.92 Å². The largest absolute Gasteiger partial charge is 0.395 e. The van der Waals surface area contributed by atoms with Crippen LogP contribution >= 0.6 is 0 Å². The van der Waals surface area contributed by atoms with Crippen LogP contribution in [0.15, 0.2) is 34.9 Å². The summed E-state index contributed by atoms with van der Waals surface area (Å²) < 4.78 is 0. The SMILES string of the molecule is CNC(=O)[C@]1(C)CC[C@]2(C)CC[C@]3(C)C4=CC=C5C(=CC(=O)[C@H](O)[C@@]5(C)CO)[C@]4(C)CC[C@@]3(C)[C@@H]2C1. The highest BCUT2D eigenvalue weighted by molar-refractivity contribution is 5.98. The number of allylic oxidation sites excluding steroid dienone is 4. The molecule has 3 fully saturated rings. The zero-order valence-corrected chi connectivity index (χ0v) is 23.3. The summed E-state index contributed by atoms with van der Waals surface area (Å²) in [6, 6.07) is 0. The summed E-state index contributed by atoms with van der Waals surface area (Å²) in [5.74, 6) is 0.296. The van der Waals surface area contributed by atoms with Crippen LogP contribution < -0.4 is 5.32 Å². The highest BCUT2D eigenvalue weighted by Gasteiger charge is 2.67. The Hall–Kier alpha value is -1.72. The van der Waals surface area contributed by atoms with Crippen molar-refractivity contribution in [3.8, 4) is 0 Å². The number of hydrogen-bond acceptors (Lipinski definition) is 4. The second-order valence-corrected chi connectivity index (χ2v) is 14.2. The van der Waals surface area contributed by atoms with Crippen molar-refractivity contribution in [3.05, 3.63) is 34.9 Å². The van der Waals surface area contributed by atoms with Crippen molar-refractivity contribution in [2.24, 2.45) is 38.4 Å². The minimum Gasteiger partial charge on any atom is -0.395 e. The minimum atomic E-state index is -1.22. The van der Waals surface area contributed by atoms with Crippen molar-refractivity contribution in [1.82, 2.24) is 5.32 Å². The van der Waals surface area contributed by atoms with Gasteiger partial charge in [-0.2, -0.15) is 0 Å². The Kier molecular flexibility index (Phi) is 5.51.